The van der Waals surface area contributed by atoms with Crippen molar-refractivity contribution in [3.05, 3.63) is 35.4 Å². The van der Waals surface area contributed by atoms with Crippen molar-refractivity contribution in [3.8, 4) is 0 Å². The predicted octanol–water partition coefficient (Wildman–Crippen LogP) is 1.04. The van der Waals surface area contributed by atoms with E-state index in [1.54, 1.807) is 18.2 Å². The van der Waals surface area contributed by atoms with E-state index in [1.165, 1.54) is 4.31 Å². The molecule has 1 fully saturated rings. The maximum atomic E-state index is 12.3. The third kappa shape index (κ3) is 4.26. The Hall–Kier alpha value is -1.44. The molecular weight excluding hydrogens is 288 g/mol. The second kappa shape index (κ2) is 6.55. The summed E-state index contributed by atoms with van der Waals surface area (Å²) >= 11 is 0. The Labute approximate surface area is 126 Å². The molecule has 1 aromatic rings. The van der Waals surface area contributed by atoms with Crippen LogP contribution in [0.15, 0.2) is 24.3 Å². The van der Waals surface area contributed by atoms with E-state index in [0.29, 0.717) is 24.6 Å². The average Bonchev–Trinajstić information content (AvgIpc) is 2.45. The lowest BCUT2D eigenvalue weighted by atomic mass is 10.0. The molecule has 21 heavy (non-hydrogen) atoms. The number of piperidine rings is 1. The summed E-state index contributed by atoms with van der Waals surface area (Å²) in [4.78, 5) is 0. The maximum absolute atomic E-state index is 12.3. The van der Waals surface area contributed by atoms with Crippen LogP contribution in [0.5, 0.6) is 0 Å². The van der Waals surface area contributed by atoms with Gasteiger partial charge >= 0.3 is 0 Å². The van der Waals surface area contributed by atoms with Crippen molar-refractivity contribution in [2.45, 2.75) is 26.3 Å². The first kappa shape index (κ1) is 15.9. The van der Waals surface area contributed by atoms with Gasteiger partial charge in [-0.3, -0.25) is 5.41 Å². The fraction of sp³-hybridized carbons (Fsp3) is 0.500. The smallest absolute Gasteiger partial charge is 0.279 e. The Bertz CT molecular complexity index is 615. The standard InChI is InChI=1S/C14H22N4O2S/c1-11-4-3-7-18(10-11)21(19,20)17-9-12-5-2-6-13(8-12)14(15)16/h2,5-6,8,11,17H,3-4,7,9-10H2,1H3,(H3,15,16). The van der Waals surface area contributed by atoms with Crippen molar-refractivity contribution in [1.29, 1.82) is 5.41 Å². The fourth-order valence-corrected chi connectivity index (χ4v) is 3.83. The van der Waals surface area contributed by atoms with Gasteiger partial charge < -0.3 is 5.73 Å². The molecule has 1 heterocycles. The maximum Gasteiger partial charge on any atom is 0.279 e. The van der Waals surface area contributed by atoms with Gasteiger partial charge in [0.2, 0.25) is 0 Å². The first-order valence-corrected chi connectivity index (χ1v) is 8.50. The summed E-state index contributed by atoms with van der Waals surface area (Å²) in [7, 11) is -3.45. The second-order valence-electron chi connectivity index (χ2n) is 5.55. The summed E-state index contributed by atoms with van der Waals surface area (Å²) in [5.41, 5.74) is 6.82. The van der Waals surface area contributed by atoms with Gasteiger partial charge in [0.15, 0.2) is 0 Å². The summed E-state index contributed by atoms with van der Waals surface area (Å²) in [6.07, 6.45) is 1.98. The summed E-state index contributed by atoms with van der Waals surface area (Å²) in [5.74, 6) is 0.376. The SMILES string of the molecule is CC1CCCN(S(=O)(=O)NCc2cccc(C(=N)N)c2)C1. The molecule has 2 rings (SSSR count). The van der Waals surface area contributed by atoms with E-state index >= 15 is 0 Å². The van der Waals surface area contributed by atoms with Gasteiger partial charge in [0.1, 0.15) is 5.84 Å². The van der Waals surface area contributed by atoms with Crippen LogP contribution in [0.25, 0.3) is 0 Å². The summed E-state index contributed by atoms with van der Waals surface area (Å²) < 4.78 is 28.7. The average molecular weight is 310 g/mol. The molecule has 1 atom stereocenters. The quantitative estimate of drug-likeness (QED) is 0.559. The second-order valence-corrected chi connectivity index (χ2v) is 7.30. The van der Waals surface area contributed by atoms with Gasteiger partial charge in [0.05, 0.1) is 0 Å². The molecule has 0 bridgehead atoms. The normalized spacial score (nSPS) is 20.3. The summed E-state index contributed by atoms with van der Waals surface area (Å²) in [5, 5.41) is 7.40. The van der Waals surface area contributed by atoms with Crippen molar-refractivity contribution in [2.24, 2.45) is 11.7 Å². The first-order valence-electron chi connectivity index (χ1n) is 7.06. The van der Waals surface area contributed by atoms with E-state index < -0.39 is 10.2 Å². The lowest BCUT2D eigenvalue weighted by Crippen LogP contribution is -2.45. The minimum atomic E-state index is -3.45. The van der Waals surface area contributed by atoms with Crippen LogP contribution in [-0.2, 0) is 16.8 Å². The molecule has 1 aromatic carbocycles. The third-order valence-corrected chi connectivity index (χ3v) is 5.18. The molecule has 0 spiro atoms. The molecule has 0 aromatic heterocycles. The Morgan fingerprint density at radius 3 is 2.95 bits per heavy atom. The lowest BCUT2D eigenvalue weighted by molar-refractivity contribution is 0.278. The fourth-order valence-electron chi connectivity index (χ4n) is 2.48. The molecule has 4 N–H and O–H groups in total. The molecule has 0 aliphatic carbocycles. The highest BCUT2D eigenvalue weighted by Crippen LogP contribution is 2.17. The highest BCUT2D eigenvalue weighted by Gasteiger charge is 2.26. The van der Waals surface area contributed by atoms with E-state index in [4.69, 9.17) is 11.1 Å². The van der Waals surface area contributed by atoms with Crippen LogP contribution in [-0.4, -0.2) is 31.6 Å². The molecule has 0 radical (unpaired) electrons. The Morgan fingerprint density at radius 2 is 2.29 bits per heavy atom. The Morgan fingerprint density at radius 1 is 1.52 bits per heavy atom. The number of hydrogen-bond acceptors (Lipinski definition) is 3. The zero-order valence-corrected chi connectivity index (χ0v) is 13.0. The molecule has 116 valence electrons. The van der Waals surface area contributed by atoms with Gasteiger partial charge in [-0.05, 0) is 30.4 Å². The predicted molar refractivity (Wildman–Crippen MR) is 83.2 cm³/mol. The molecule has 1 unspecified atom stereocenters. The number of nitrogens with two attached hydrogens (primary N) is 1. The van der Waals surface area contributed by atoms with Gasteiger partial charge in [-0.15, -0.1) is 0 Å². The molecule has 0 amide bonds. The van der Waals surface area contributed by atoms with Crippen LogP contribution >= 0.6 is 0 Å². The highest BCUT2D eigenvalue weighted by molar-refractivity contribution is 7.87. The third-order valence-electron chi connectivity index (χ3n) is 3.66. The zero-order valence-electron chi connectivity index (χ0n) is 12.2. The summed E-state index contributed by atoms with van der Waals surface area (Å²) in [6.45, 7) is 3.42. The molecule has 7 heteroatoms. The summed E-state index contributed by atoms with van der Waals surface area (Å²) in [6, 6.07) is 7.04. The van der Waals surface area contributed by atoms with Crippen LogP contribution < -0.4 is 10.5 Å². The molecule has 0 saturated carbocycles. The van der Waals surface area contributed by atoms with Gasteiger partial charge in [-0.25, -0.2) is 0 Å². The number of nitrogens with zero attached hydrogens (tertiary/aromatic N) is 1. The number of nitrogens with one attached hydrogen (secondary N) is 2. The lowest BCUT2D eigenvalue weighted by Gasteiger charge is -2.30. The molecular formula is C14H22N4O2S. The van der Waals surface area contributed by atoms with Crippen LogP contribution in [0.3, 0.4) is 0 Å². The van der Waals surface area contributed by atoms with Crippen LogP contribution in [0, 0.1) is 11.3 Å². The molecule has 6 nitrogen and oxygen atoms in total. The Balaban J connectivity index is 2.01. The largest absolute Gasteiger partial charge is 0.384 e. The van der Waals surface area contributed by atoms with E-state index in [0.717, 1.165) is 18.4 Å². The molecule has 1 saturated heterocycles. The van der Waals surface area contributed by atoms with Crippen LogP contribution in [0.2, 0.25) is 0 Å². The molecule has 1 aliphatic heterocycles. The monoisotopic (exact) mass is 310 g/mol. The van der Waals surface area contributed by atoms with E-state index in [9.17, 15) is 8.42 Å². The van der Waals surface area contributed by atoms with Gasteiger partial charge in [-0.1, -0.05) is 25.1 Å². The zero-order chi connectivity index (χ0) is 15.5. The van der Waals surface area contributed by atoms with Crippen LogP contribution in [0.4, 0.5) is 0 Å². The number of nitrogen functional groups attached to an aromatic ring is 1. The van der Waals surface area contributed by atoms with Crippen molar-refractivity contribution >= 4 is 16.0 Å². The minimum Gasteiger partial charge on any atom is -0.384 e. The van der Waals surface area contributed by atoms with E-state index in [2.05, 4.69) is 11.6 Å². The number of rotatable bonds is 5. The Kier molecular flexibility index (Phi) is 4.97. The number of hydrogen-bond donors (Lipinski definition) is 3. The van der Waals surface area contributed by atoms with E-state index in [-0.39, 0.29) is 12.4 Å². The van der Waals surface area contributed by atoms with Gasteiger partial charge in [-0.2, -0.15) is 17.4 Å². The van der Waals surface area contributed by atoms with Gasteiger partial charge in [0.25, 0.3) is 10.2 Å². The van der Waals surface area contributed by atoms with Crippen molar-refractivity contribution in [2.75, 3.05) is 13.1 Å². The number of benzene rings is 1. The van der Waals surface area contributed by atoms with Crippen LogP contribution in [0.1, 0.15) is 30.9 Å². The minimum absolute atomic E-state index is 0.0236. The van der Waals surface area contributed by atoms with Gasteiger partial charge in [0, 0.05) is 25.2 Å². The van der Waals surface area contributed by atoms with Crippen molar-refractivity contribution in [3.63, 3.8) is 0 Å². The first-order chi connectivity index (χ1) is 9.88. The van der Waals surface area contributed by atoms with Crippen molar-refractivity contribution < 1.29 is 8.42 Å². The highest BCUT2D eigenvalue weighted by atomic mass is 32.2. The topological polar surface area (TPSA) is 99.3 Å². The van der Waals surface area contributed by atoms with E-state index in [1.807, 2.05) is 6.07 Å². The van der Waals surface area contributed by atoms with Crippen molar-refractivity contribution in [1.82, 2.24) is 9.03 Å². The molecule has 1 aliphatic rings. The number of amidine groups is 1.